The molecule has 0 spiro atoms. The van der Waals surface area contributed by atoms with Gasteiger partial charge >= 0.3 is 0 Å². The molecule has 1 saturated carbocycles. The summed E-state index contributed by atoms with van der Waals surface area (Å²) in [6, 6.07) is 16.4. The summed E-state index contributed by atoms with van der Waals surface area (Å²) in [6.07, 6.45) is 3.09. The van der Waals surface area contributed by atoms with Crippen LogP contribution in [0.1, 0.15) is 46.3 Å². The highest BCUT2D eigenvalue weighted by Crippen LogP contribution is 2.46. The third kappa shape index (κ3) is 2.07. The summed E-state index contributed by atoms with van der Waals surface area (Å²) in [5.41, 5.74) is 4.18. The zero-order chi connectivity index (χ0) is 14.2. The second-order valence-electron chi connectivity index (χ2n) is 6.00. The van der Waals surface area contributed by atoms with Crippen LogP contribution in [0.3, 0.4) is 0 Å². The zero-order valence-electron chi connectivity index (χ0n) is 12.1. The van der Waals surface area contributed by atoms with Crippen molar-refractivity contribution in [3.63, 3.8) is 0 Å². The first kappa shape index (κ1) is 13.1. The van der Waals surface area contributed by atoms with E-state index in [0.29, 0.717) is 0 Å². The lowest BCUT2D eigenvalue weighted by molar-refractivity contribution is 0.0789. The van der Waals surface area contributed by atoms with Crippen molar-refractivity contribution in [2.75, 3.05) is 0 Å². The molecule has 0 atom stereocenters. The number of aryl methyl sites for hydroxylation is 2. The van der Waals surface area contributed by atoms with Crippen LogP contribution < -0.4 is 0 Å². The molecule has 1 nitrogen and oxygen atoms in total. The number of ketones is 1. The van der Waals surface area contributed by atoms with Gasteiger partial charge in [0.15, 0.2) is 5.78 Å². The summed E-state index contributed by atoms with van der Waals surface area (Å²) < 4.78 is 0. The Morgan fingerprint density at radius 2 is 1.35 bits per heavy atom. The van der Waals surface area contributed by atoms with Gasteiger partial charge in [-0.05, 0) is 32.3 Å². The van der Waals surface area contributed by atoms with Crippen LogP contribution in [0.15, 0.2) is 48.5 Å². The van der Waals surface area contributed by atoms with Crippen molar-refractivity contribution >= 4 is 5.78 Å². The average Bonchev–Trinajstić information content (AvgIpc) is 2.40. The first-order valence-corrected chi connectivity index (χ1v) is 7.30. The molecule has 0 radical (unpaired) electrons. The summed E-state index contributed by atoms with van der Waals surface area (Å²) >= 11 is 0. The van der Waals surface area contributed by atoms with Gasteiger partial charge in [-0.25, -0.2) is 0 Å². The van der Waals surface area contributed by atoms with E-state index in [1.165, 1.54) is 16.7 Å². The molecule has 1 heteroatoms. The van der Waals surface area contributed by atoms with Gasteiger partial charge in [-0.1, -0.05) is 66.1 Å². The fraction of sp³-hybridized carbons (Fsp3) is 0.316. The summed E-state index contributed by atoms with van der Waals surface area (Å²) in [6.45, 7) is 4.13. The maximum absolute atomic E-state index is 12.9. The number of hydrogen-bond acceptors (Lipinski definition) is 1. The Kier molecular flexibility index (Phi) is 3.21. The predicted octanol–water partition coefficient (Wildman–Crippen LogP) is 4.61. The number of carbonyl (C=O) groups is 1. The molecule has 1 aliphatic carbocycles. The van der Waals surface area contributed by atoms with Crippen LogP contribution in [0.2, 0.25) is 0 Å². The Bertz CT molecular complexity index is 616. The molecule has 3 rings (SSSR count). The van der Waals surface area contributed by atoms with E-state index in [0.717, 1.165) is 24.8 Å². The fourth-order valence-corrected chi connectivity index (χ4v) is 3.03. The van der Waals surface area contributed by atoms with Gasteiger partial charge in [-0.15, -0.1) is 0 Å². The minimum absolute atomic E-state index is 0.275. The Morgan fingerprint density at radius 1 is 0.850 bits per heavy atom. The molecule has 0 aromatic heterocycles. The largest absolute Gasteiger partial charge is 0.293 e. The molecular formula is C19H20O. The molecule has 0 aliphatic heterocycles. The lowest BCUT2D eigenvalue weighted by Gasteiger charge is -2.41. The van der Waals surface area contributed by atoms with Crippen molar-refractivity contribution in [2.45, 2.75) is 38.5 Å². The van der Waals surface area contributed by atoms with E-state index in [1.54, 1.807) is 0 Å². The lowest BCUT2D eigenvalue weighted by atomic mass is 9.60. The minimum Gasteiger partial charge on any atom is -0.293 e. The van der Waals surface area contributed by atoms with Crippen LogP contribution in [0.4, 0.5) is 0 Å². The van der Waals surface area contributed by atoms with E-state index >= 15 is 0 Å². The first-order chi connectivity index (χ1) is 9.62. The average molecular weight is 264 g/mol. The van der Waals surface area contributed by atoms with Gasteiger partial charge in [-0.2, -0.15) is 0 Å². The van der Waals surface area contributed by atoms with E-state index in [9.17, 15) is 4.79 Å². The normalized spacial score (nSPS) is 16.5. The van der Waals surface area contributed by atoms with Crippen molar-refractivity contribution in [1.29, 1.82) is 0 Å². The molecule has 0 heterocycles. The highest BCUT2D eigenvalue weighted by molar-refractivity contribution is 6.04. The third-order valence-electron chi connectivity index (χ3n) is 4.56. The van der Waals surface area contributed by atoms with Crippen LogP contribution in [0.5, 0.6) is 0 Å². The summed E-state index contributed by atoms with van der Waals surface area (Å²) in [4.78, 5) is 12.9. The van der Waals surface area contributed by atoms with E-state index in [2.05, 4.69) is 31.2 Å². The van der Waals surface area contributed by atoms with Crippen LogP contribution in [-0.4, -0.2) is 5.78 Å². The van der Waals surface area contributed by atoms with Crippen LogP contribution in [-0.2, 0) is 5.41 Å². The van der Waals surface area contributed by atoms with Crippen molar-refractivity contribution in [2.24, 2.45) is 0 Å². The maximum atomic E-state index is 12.9. The van der Waals surface area contributed by atoms with Gasteiger partial charge in [0.05, 0.1) is 5.41 Å². The van der Waals surface area contributed by atoms with E-state index in [4.69, 9.17) is 0 Å². The van der Waals surface area contributed by atoms with Gasteiger partial charge in [-0.3, -0.25) is 4.79 Å². The molecule has 0 unspecified atom stereocenters. The van der Waals surface area contributed by atoms with Crippen molar-refractivity contribution in [1.82, 2.24) is 0 Å². The van der Waals surface area contributed by atoms with Gasteiger partial charge < -0.3 is 0 Å². The third-order valence-corrected chi connectivity index (χ3v) is 4.56. The SMILES string of the molecule is Cc1ccc(C(=O)C2(c3ccc(C)cc3)CCC2)cc1. The van der Waals surface area contributed by atoms with Crippen LogP contribution in [0, 0.1) is 13.8 Å². The van der Waals surface area contributed by atoms with Gasteiger partial charge in [0.2, 0.25) is 0 Å². The monoisotopic (exact) mass is 264 g/mol. The molecule has 2 aromatic rings. The van der Waals surface area contributed by atoms with Crippen molar-refractivity contribution in [3.05, 3.63) is 70.8 Å². The van der Waals surface area contributed by atoms with Crippen molar-refractivity contribution < 1.29 is 4.79 Å². The predicted molar refractivity (Wildman–Crippen MR) is 82.2 cm³/mol. The molecule has 0 amide bonds. The van der Waals surface area contributed by atoms with Crippen LogP contribution >= 0.6 is 0 Å². The van der Waals surface area contributed by atoms with Gasteiger partial charge in [0, 0.05) is 5.56 Å². The van der Waals surface area contributed by atoms with Gasteiger partial charge in [0.25, 0.3) is 0 Å². The molecule has 102 valence electrons. The number of benzene rings is 2. The van der Waals surface area contributed by atoms with E-state index < -0.39 is 0 Å². The smallest absolute Gasteiger partial charge is 0.173 e. The van der Waals surface area contributed by atoms with Crippen molar-refractivity contribution in [3.8, 4) is 0 Å². The minimum atomic E-state index is -0.275. The standard InChI is InChI=1S/C19H20O/c1-14-4-8-16(9-5-14)18(20)19(12-3-13-19)17-10-6-15(2)7-11-17/h4-11H,3,12-13H2,1-2H3. The second kappa shape index (κ2) is 4.90. The maximum Gasteiger partial charge on any atom is 0.173 e. The summed E-state index contributed by atoms with van der Waals surface area (Å²) in [7, 11) is 0. The molecule has 0 saturated heterocycles. The first-order valence-electron chi connectivity index (χ1n) is 7.30. The van der Waals surface area contributed by atoms with E-state index in [-0.39, 0.29) is 11.2 Å². The molecule has 0 N–H and O–H groups in total. The Labute approximate surface area is 120 Å². The Hall–Kier alpha value is -1.89. The lowest BCUT2D eigenvalue weighted by Crippen LogP contribution is -2.42. The molecule has 1 aliphatic rings. The van der Waals surface area contributed by atoms with Gasteiger partial charge in [0.1, 0.15) is 0 Å². The molecule has 0 bridgehead atoms. The molecule has 1 fully saturated rings. The second-order valence-corrected chi connectivity index (χ2v) is 6.00. The molecule has 2 aromatic carbocycles. The quantitative estimate of drug-likeness (QED) is 0.740. The topological polar surface area (TPSA) is 17.1 Å². The number of carbonyl (C=O) groups excluding carboxylic acids is 1. The van der Waals surface area contributed by atoms with Crippen LogP contribution in [0.25, 0.3) is 0 Å². The number of Topliss-reactive ketones (excluding diaryl/α,β-unsaturated/α-hetero) is 1. The number of rotatable bonds is 3. The highest BCUT2D eigenvalue weighted by atomic mass is 16.1. The number of hydrogen-bond donors (Lipinski definition) is 0. The Balaban J connectivity index is 1.98. The summed E-state index contributed by atoms with van der Waals surface area (Å²) in [5, 5.41) is 0. The fourth-order valence-electron chi connectivity index (χ4n) is 3.03. The zero-order valence-corrected chi connectivity index (χ0v) is 12.1. The summed E-state index contributed by atoms with van der Waals surface area (Å²) in [5.74, 6) is 0.285. The molecular weight excluding hydrogens is 244 g/mol. The Morgan fingerprint density at radius 3 is 1.80 bits per heavy atom. The molecule has 20 heavy (non-hydrogen) atoms. The highest BCUT2D eigenvalue weighted by Gasteiger charge is 2.45. The van der Waals surface area contributed by atoms with E-state index in [1.807, 2.05) is 31.2 Å².